The Balaban J connectivity index is 1.27. The zero-order valence-corrected chi connectivity index (χ0v) is 19.3. The lowest BCUT2D eigenvalue weighted by atomic mass is 10.0. The third-order valence-corrected chi connectivity index (χ3v) is 7.54. The first-order chi connectivity index (χ1) is 16.2. The number of thiazole rings is 2. The molecular formula is C26H18N4OS2. The molecule has 0 radical (unpaired) electrons. The van der Waals surface area contributed by atoms with Gasteiger partial charge in [-0.05, 0) is 17.7 Å². The van der Waals surface area contributed by atoms with Crippen LogP contribution in [0.25, 0.3) is 38.2 Å². The first-order valence-corrected chi connectivity index (χ1v) is 12.2. The number of benzene rings is 3. The van der Waals surface area contributed by atoms with E-state index in [0.717, 1.165) is 38.6 Å². The van der Waals surface area contributed by atoms with E-state index >= 15 is 0 Å². The lowest BCUT2D eigenvalue weighted by Gasteiger charge is -2.04. The lowest BCUT2D eigenvalue weighted by molar-refractivity contribution is 0.102. The van der Waals surface area contributed by atoms with Crippen LogP contribution >= 0.6 is 22.7 Å². The number of aryl methyl sites for hydroxylation is 1. The number of carbonyl (C=O) groups is 1. The highest BCUT2D eigenvalue weighted by atomic mass is 32.1. The van der Waals surface area contributed by atoms with Crippen LogP contribution in [0.2, 0.25) is 0 Å². The molecule has 0 bridgehead atoms. The Morgan fingerprint density at radius 2 is 1.70 bits per heavy atom. The van der Waals surface area contributed by atoms with Crippen molar-refractivity contribution in [3.8, 4) is 22.5 Å². The summed E-state index contributed by atoms with van der Waals surface area (Å²) in [5, 5.41) is 7.85. The summed E-state index contributed by atoms with van der Waals surface area (Å²) >= 11 is 2.82. The van der Waals surface area contributed by atoms with Crippen LogP contribution in [-0.4, -0.2) is 20.3 Å². The molecule has 0 aliphatic carbocycles. The molecule has 0 unspecified atom stereocenters. The minimum atomic E-state index is -0.164. The molecule has 6 rings (SSSR count). The molecule has 0 fully saturated rings. The van der Waals surface area contributed by atoms with E-state index in [9.17, 15) is 4.79 Å². The van der Waals surface area contributed by atoms with Crippen molar-refractivity contribution in [3.05, 3.63) is 94.9 Å². The summed E-state index contributed by atoms with van der Waals surface area (Å²) in [6.07, 6.45) is 1.98. The number of fused-ring (bicyclic) bond motifs is 2. The van der Waals surface area contributed by atoms with Gasteiger partial charge in [-0.1, -0.05) is 84.1 Å². The Bertz CT molecular complexity index is 1620. The molecule has 6 aromatic rings. The number of aromatic nitrogens is 3. The van der Waals surface area contributed by atoms with Crippen molar-refractivity contribution >= 4 is 49.4 Å². The molecule has 7 heteroatoms. The van der Waals surface area contributed by atoms with Gasteiger partial charge in [0.05, 0.1) is 11.4 Å². The topological polar surface area (TPSA) is 59.3 Å². The number of hydrogen-bond acceptors (Lipinski definition) is 5. The summed E-state index contributed by atoms with van der Waals surface area (Å²) in [7, 11) is 0. The zero-order chi connectivity index (χ0) is 22.4. The minimum Gasteiger partial charge on any atom is -0.297 e. The van der Waals surface area contributed by atoms with Crippen LogP contribution in [0.3, 0.4) is 0 Å². The van der Waals surface area contributed by atoms with Crippen LogP contribution in [0.15, 0.2) is 84.4 Å². The van der Waals surface area contributed by atoms with Crippen LogP contribution in [0, 0.1) is 6.92 Å². The predicted molar refractivity (Wildman–Crippen MR) is 136 cm³/mol. The summed E-state index contributed by atoms with van der Waals surface area (Å²) in [5.41, 5.74) is 4.74. The summed E-state index contributed by atoms with van der Waals surface area (Å²) in [5.74, 6) is -0.164. The largest absolute Gasteiger partial charge is 0.297 e. The molecule has 3 aromatic heterocycles. The van der Waals surface area contributed by atoms with E-state index in [1.54, 1.807) is 0 Å². The molecule has 0 saturated carbocycles. The Labute approximate surface area is 198 Å². The number of nitrogens with zero attached hydrogens (tertiary/aromatic N) is 3. The number of amides is 1. The van der Waals surface area contributed by atoms with Crippen LogP contribution in [0.4, 0.5) is 5.13 Å². The molecule has 160 valence electrons. The maximum Gasteiger partial charge on any atom is 0.269 e. The molecule has 1 amide bonds. The maximum absolute atomic E-state index is 13.0. The summed E-state index contributed by atoms with van der Waals surface area (Å²) in [6, 6.07) is 24.5. The third kappa shape index (κ3) is 3.51. The molecule has 3 aromatic carbocycles. The van der Waals surface area contributed by atoms with Crippen molar-refractivity contribution in [2.45, 2.75) is 6.92 Å². The molecule has 0 aliphatic rings. The minimum absolute atomic E-state index is 0.164. The number of anilines is 1. The van der Waals surface area contributed by atoms with E-state index in [4.69, 9.17) is 4.98 Å². The number of rotatable bonds is 4. The normalized spacial score (nSPS) is 11.3. The number of nitrogens with one attached hydrogen (secondary N) is 1. The molecule has 1 N–H and O–H groups in total. The van der Waals surface area contributed by atoms with Crippen LogP contribution in [0.5, 0.6) is 0 Å². The van der Waals surface area contributed by atoms with E-state index in [-0.39, 0.29) is 5.91 Å². The molecule has 33 heavy (non-hydrogen) atoms. The van der Waals surface area contributed by atoms with Crippen LogP contribution in [-0.2, 0) is 0 Å². The van der Waals surface area contributed by atoms with Gasteiger partial charge in [0.1, 0.15) is 4.88 Å². The van der Waals surface area contributed by atoms with E-state index in [1.807, 2.05) is 71.4 Å². The smallest absolute Gasteiger partial charge is 0.269 e. The molecule has 0 saturated heterocycles. The Hall–Kier alpha value is -3.81. The maximum atomic E-state index is 13.0. The highest BCUT2D eigenvalue weighted by molar-refractivity contribution is 7.19. The molecule has 0 atom stereocenters. The van der Waals surface area contributed by atoms with Gasteiger partial charge in [-0.25, -0.2) is 9.97 Å². The van der Waals surface area contributed by atoms with Crippen molar-refractivity contribution in [2.24, 2.45) is 0 Å². The van der Waals surface area contributed by atoms with Gasteiger partial charge in [0, 0.05) is 28.4 Å². The fourth-order valence-electron chi connectivity index (χ4n) is 3.97. The van der Waals surface area contributed by atoms with Gasteiger partial charge < -0.3 is 0 Å². The number of imidazole rings is 1. The second-order valence-electron chi connectivity index (χ2n) is 7.68. The van der Waals surface area contributed by atoms with Crippen molar-refractivity contribution in [3.63, 3.8) is 0 Å². The fourth-order valence-corrected chi connectivity index (χ4v) is 5.68. The lowest BCUT2D eigenvalue weighted by Crippen LogP contribution is -2.11. The standard InChI is InChI=1S/C26H18N4OS2/c1-16-23(33-26-28-21(14-30(16)26)18-9-3-2-4-10-18)24(31)29-25-27-22(15-32-25)20-13-7-11-17-8-5-6-12-19(17)20/h2-15H,1H3,(H,27,29,31). The summed E-state index contributed by atoms with van der Waals surface area (Å²) < 4.78 is 1.98. The van der Waals surface area contributed by atoms with E-state index in [0.29, 0.717) is 10.0 Å². The number of hydrogen-bond donors (Lipinski definition) is 1. The Morgan fingerprint density at radius 3 is 2.55 bits per heavy atom. The van der Waals surface area contributed by atoms with Gasteiger partial charge >= 0.3 is 0 Å². The number of carbonyl (C=O) groups excluding carboxylic acids is 1. The Morgan fingerprint density at radius 1 is 0.909 bits per heavy atom. The molecule has 3 heterocycles. The molecule has 5 nitrogen and oxygen atoms in total. The van der Waals surface area contributed by atoms with Gasteiger partial charge in [0.15, 0.2) is 10.1 Å². The summed E-state index contributed by atoms with van der Waals surface area (Å²) in [4.78, 5) is 23.9. The second-order valence-corrected chi connectivity index (χ2v) is 9.52. The van der Waals surface area contributed by atoms with Gasteiger partial charge in [0.2, 0.25) is 0 Å². The van der Waals surface area contributed by atoms with E-state index < -0.39 is 0 Å². The second kappa shape index (κ2) is 7.95. The van der Waals surface area contributed by atoms with Crippen molar-refractivity contribution in [1.29, 1.82) is 0 Å². The average Bonchev–Trinajstić information content (AvgIpc) is 3.56. The monoisotopic (exact) mass is 466 g/mol. The SMILES string of the molecule is Cc1c(C(=O)Nc2nc(-c3cccc4ccccc34)cs2)sc2nc(-c3ccccc3)cn12. The van der Waals surface area contributed by atoms with Crippen LogP contribution < -0.4 is 5.32 Å². The first kappa shape index (κ1) is 19.8. The Kier molecular flexibility index (Phi) is 4.78. The average molecular weight is 467 g/mol. The summed E-state index contributed by atoms with van der Waals surface area (Å²) in [6.45, 7) is 1.94. The van der Waals surface area contributed by atoms with Crippen LogP contribution in [0.1, 0.15) is 15.4 Å². The molecular weight excluding hydrogens is 448 g/mol. The predicted octanol–water partition coefficient (Wildman–Crippen LogP) is 6.90. The highest BCUT2D eigenvalue weighted by Crippen LogP contribution is 2.32. The van der Waals surface area contributed by atoms with E-state index in [2.05, 4.69) is 34.6 Å². The third-order valence-electron chi connectivity index (χ3n) is 5.62. The van der Waals surface area contributed by atoms with Gasteiger partial charge in [-0.3, -0.25) is 14.5 Å². The van der Waals surface area contributed by atoms with Gasteiger partial charge in [-0.2, -0.15) is 0 Å². The quantitative estimate of drug-likeness (QED) is 0.307. The fraction of sp³-hybridized carbons (Fsp3) is 0.0385. The van der Waals surface area contributed by atoms with E-state index in [1.165, 1.54) is 28.1 Å². The van der Waals surface area contributed by atoms with Crippen molar-refractivity contribution < 1.29 is 4.79 Å². The molecule has 0 aliphatic heterocycles. The van der Waals surface area contributed by atoms with Crippen molar-refractivity contribution in [1.82, 2.24) is 14.4 Å². The zero-order valence-electron chi connectivity index (χ0n) is 17.6. The molecule has 0 spiro atoms. The first-order valence-electron chi connectivity index (χ1n) is 10.5. The van der Waals surface area contributed by atoms with Crippen molar-refractivity contribution in [2.75, 3.05) is 5.32 Å². The van der Waals surface area contributed by atoms with Gasteiger partial charge in [0.25, 0.3) is 5.91 Å². The highest BCUT2D eigenvalue weighted by Gasteiger charge is 2.19. The van der Waals surface area contributed by atoms with Gasteiger partial charge in [-0.15, -0.1) is 11.3 Å².